The van der Waals surface area contributed by atoms with E-state index in [9.17, 15) is 4.79 Å². The van der Waals surface area contributed by atoms with Crippen molar-refractivity contribution in [2.24, 2.45) is 5.73 Å². The Bertz CT molecular complexity index is 418. The van der Waals surface area contributed by atoms with Crippen molar-refractivity contribution in [3.05, 3.63) is 21.9 Å². The monoisotopic (exact) mass is 267 g/mol. The lowest BCUT2D eigenvalue weighted by molar-refractivity contribution is 0.100. The number of nitrogens with zero attached hydrogens (tertiary/aromatic N) is 1. The van der Waals surface area contributed by atoms with E-state index >= 15 is 0 Å². The van der Waals surface area contributed by atoms with E-state index in [4.69, 9.17) is 5.73 Å². The van der Waals surface area contributed by atoms with Crippen LogP contribution in [0.2, 0.25) is 0 Å². The number of thiophene rings is 1. The molecule has 0 aromatic carbocycles. The number of likely N-dealkylation sites (tertiary alicyclic amines) is 1. The number of carbonyl (C=O) groups excluding carboxylic acids is 1. The minimum Gasteiger partial charge on any atom is -0.366 e. The minimum absolute atomic E-state index is 0.342. The lowest BCUT2D eigenvalue weighted by atomic mass is 9.99. The summed E-state index contributed by atoms with van der Waals surface area (Å²) in [7, 11) is 2.18. The zero-order valence-electron chi connectivity index (χ0n) is 11.0. The van der Waals surface area contributed by atoms with Crippen LogP contribution in [-0.2, 0) is 6.54 Å². The van der Waals surface area contributed by atoms with Gasteiger partial charge < -0.3 is 16.0 Å². The van der Waals surface area contributed by atoms with Gasteiger partial charge in [-0.25, -0.2) is 0 Å². The molecule has 1 aromatic rings. The molecule has 0 saturated carbocycles. The highest BCUT2D eigenvalue weighted by Crippen LogP contribution is 2.18. The van der Waals surface area contributed by atoms with Crippen LogP contribution in [0.3, 0.4) is 0 Å². The first-order valence-electron chi connectivity index (χ1n) is 6.37. The molecular formula is C13H21N3OS. The Labute approximate surface area is 112 Å². The highest BCUT2D eigenvalue weighted by atomic mass is 32.1. The molecule has 1 saturated heterocycles. The predicted octanol–water partition coefficient (Wildman–Crippen LogP) is 1.42. The van der Waals surface area contributed by atoms with Crippen LogP contribution < -0.4 is 11.1 Å². The normalized spacial score (nSPS) is 25.2. The summed E-state index contributed by atoms with van der Waals surface area (Å²) < 4.78 is 0. The molecule has 0 spiro atoms. The molecule has 1 aromatic heterocycles. The Balaban J connectivity index is 1.82. The van der Waals surface area contributed by atoms with Crippen LogP contribution in [0.15, 0.2) is 11.4 Å². The number of carbonyl (C=O) groups is 1. The molecule has 18 heavy (non-hydrogen) atoms. The first-order chi connectivity index (χ1) is 8.56. The van der Waals surface area contributed by atoms with Crippen molar-refractivity contribution in [3.8, 4) is 0 Å². The van der Waals surface area contributed by atoms with E-state index < -0.39 is 0 Å². The maximum absolute atomic E-state index is 11.0. The van der Waals surface area contributed by atoms with Crippen molar-refractivity contribution in [2.45, 2.75) is 38.4 Å². The molecule has 1 amide bonds. The predicted molar refractivity (Wildman–Crippen MR) is 74.8 cm³/mol. The number of hydrogen-bond acceptors (Lipinski definition) is 4. The summed E-state index contributed by atoms with van der Waals surface area (Å²) in [5.41, 5.74) is 5.86. The highest BCUT2D eigenvalue weighted by Gasteiger charge is 2.22. The fourth-order valence-electron chi connectivity index (χ4n) is 2.32. The van der Waals surface area contributed by atoms with E-state index in [0.29, 0.717) is 17.6 Å². The van der Waals surface area contributed by atoms with Crippen molar-refractivity contribution in [3.63, 3.8) is 0 Å². The molecule has 3 N–H and O–H groups in total. The lowest BCUT2D eigenvalue weighted by Crippen LogP contribution is -2.45. The van der Waals surface area contributed by atoms with E-state index in [1.807, 2.05) is 11.4 Å². The van der Waals surface area contributed by atoms with Gasteiger partial charge in [-0.15, -0.1) is 11.3 Å². The molecule has 2 atom stereocenters. The summed E-state index contributed by atoms with van der Waals surface area (Å²) in [4.78, 5) is 14.6. The smallest absolute Gasteiger partial charge is 0.249 e. The van der Waals surface area contributed by atoms with Gasteiger partial charge in [0.05, 0.1) is 5.56 Å². The quantitative estimate of drug-likeness (QED) is 0.867. The van der Waals surface area contributed by atoms with Crippen LogP contribution in [0.25, 0.3) is 0 Å². The Kier molecular flexibility index (Phi) is 4.37. The topological polar surface area (TPSA) is 58.4 Å². The molecule has 0 radical (unpaired) electrons. The molecule has 2 heterocycles. The van der Waals surface area contributed by atoms with E-state index in [2.05, 4.69) is 24.2 Å². The minimum atomic E-state index is -0.342. The standard InChI is InChI=1S/C13H21N3OS/c1-9-5-11(3-4-16(9)2)15-7-12-6-10(8-18-12)13(14)17/h6,8-9,11,15H,3-5,7H2,1-2H3,(H2,14,17). The number of hydrogen-bond donors (Lipinski definition) is 2. The zero-order chi connectivity index (χ0) is 13.1. The van der Waals surface area contributed by atoms with Crippen molar-refractivity contribution in [1.29, 1.82) is 0 Å². The molecule has 2 rings (SSSR count). The summed E-state index contributed by atoms with van der Waals surface area (Å²) in [6.07, 6.45) is 2.37. The number of primary amides is 1. The SMILES string of the molecule is CC1CC(NCc2cc(C(N)=O)cs2)CCN1C. The van der Waals surface area contributed by atoms with Crippen LogP contribution in [0.5, 0.6) is 0 Å². The van der Waals surface area contributed by atoms with Gasteiger partial charge in [-0.1, -0.05) is 0 Å². The molecule has 100 valence electrons. The van der Waals surface area contributed by atoms with E-state index in [1.54, 1.807) is 11.3 Å². The van der Waals surface area contributed by atoms with Gasteiger partial charge in [-0.3, -0.25) is 4.79 Å². The fraction of sp³-hybridized carbons (Fsp3) is 0.615. The van der Waals surface area contributed by atoms with Crippen LogP contribution in [0.4, 0.5) is 0 Å². The Morgan fingerprint density at radius 2 is 2.44 bits per heavy atom. The number of piperidine rings is 1. The van der Waals surface area contributed by atoms with Crippen molar-refractivity contribution < 1.29 is 4.79 Å². The average molecular weight is 267 g/mol. The second-order valence-corrected chi connectivity index (χ2v) is 6.09. The number of nitrogens with two attached hydrogens (primary N) is 1. The summed E-state index contributed by atoms with van der Waals surface area (Å²) >= 11 is 1.59. The average Bonchev–Trinajstić information content (AvgIpc) is 2.79. The summed E-state index contributed by atoms with van der Waals surface area (Å²) in [6.45, 7) is 4.25. The Hall–Kier alpha value is -0.910. The summed E-state index contributed by atoms with van der Waals surface area (Å²) in [6, 6.07) is 3.11. The van der Waals surface area contributed by atoms with Crippen LogP contribution in [-0.4, -0.2) is 36.5 Å². The maximum Gasteiger partial charge on any atom is 0.249 e. The first kappa shape index (κ1) is 13.5. The number of amides is 1. The lowest BCUT2D eigenvalue weighted by Gasteiger charge is -2.35. The third-order valence-electron chi connectivity index (χ3n) is 3.71. The number of nitrogens with one attached hydrogen (secondary N) is 1. The molecule has 2 unspecified atom stereocenters. The molecular weight excluding hydrogens is 246 g/mol. The van der Waals surface area contributed by atoms with Gasteiger partial charge in [-0.05, 0) is 39.4 Å². The van der Waals surface area contributed by atoms with Gasteiger partial charge in [0, 0.05) is 28.9 Å². The van der Waals surface area contributed by atoms with Crippen molar-refractivity contribution in [1.82, 2.24) is 10.2 Å². The molecule has 5 heteroatoms. The van der Waals surface area contributed by atoms with E-state index in [1.165, 1.54) is 17.7 Å². The summed E-state index contributed by atoms with van der Waals surface area (Å²) in [5.74, 6) is -0.342. The van der Waals surface area contributed by atoms with Gasteiger partial charge in [-0.2, -0.15) is 0 Å². The Morgan fingerprint density at radius 3 is 3.06 bits per heavy atom. The highest BCUT2D eigenvalue weighted by molar-refractivity contribution is 7.10. The second-order valence-electron chi connectivity index (χ2n) is 5.10. The molecule has 1 aliphatic heterocycles. The fourth-order valence-corrected chi connectivity index (χ4v) is 3.15. The molecule has 0 bridgehead atoms. The molecule has 1 aliphatic rings. The third kappa shape index (κ3) is 3.31. The zero-order valence-corrected chi connectivity index (χ0v) is 11.8. The molecule has 0 aliphatic carbocycles. The van der Waals surface area contributed by atoms with Gasteiger partial charge in [0.25, 0.3) is 0 Å². The summed E-state index contributed by atoms with van der Waals surface area (Å²) in [5, 5.41) is 5.40. The Morgan fingerprint density at radius 1 is 1.67 bits per heavy atom. The second kappa shape index (κ2) is 5.82. The van der Waals surface area contributed by atoms with Gasteiger partial charge in [0.1, 0.15) is 0 Å². The molecule has 4 nitrogen and oxygen atoms in total. The van der Waals surface area contributed by atoms with Gasteiger partial charge >= 0.3 is 0 Å². The van der Waals surface area contributed by atoms with Crippen molar-refractivity contribution >= 4 is 17.2 Å². The van der Waals surface area contributed by atoms with E-state index in [-0.39, 0.29) is 5.91 Å². The van der Waals surface area contributed by atoms with Crippen LogP contribution in [0.1, 0.15) is 35.0 Å². The first-order valence-corrected chi connectivity index (χ1v) is 7.25. The van der Waals surface area contributed by atoms with Gasteiger partial charge in [0.2, 0.25) is 5.91 Å². The molecule has 1 fully saturated rings. The third-order valence-corrected chi connectivity index (χ3v) is 4.65. The van der Waals surface area contributed by atoms with Crippen molar-refractivity contribution in [2.75, 3.05) is 13.6 Å². The maximum atomic E-state index is 11.0. The largest absolute Gasteiger partial charge is 0.366 e. The number of rotatable bonds is 4. The van der Waals surface area contributed by atoms with Crippen LogP contribution in [0, 0.1) is 0 Å². The van der Waals surface area contributed by atoms with E-state index in [0.717, 1.165) is 13.1 Å². The van der Waals surface area contributed by atoms with Gasteiger partial charge in [0.15, 0.2) is 0 Å². The van der Waals surface area contributed by atoms with Crippen LogP contribution >= 0.6 is 11.3 Å².